The molecule has 74 valence electrons. The van der Waals surface area contributed by atoms with Crippen LogP contribution in [0.4, 0.5) is 0 Å². The summed E-state index contributed by atoms with van der Waals surface area (Å²) in [5, 5.41) is 0. The third kappa shape index (κ3) is 2.51. The summed E-state index contributed by atoms with van der Waals surface area (Å²) in [5.74, 6) is 6.52. The van der Waals surface area contributed by atoms with E-state index in [0.29, 0.717) is 13.2 Å². The van der Waals surface area contributed by atoms with Crippen molar-refractivity contribution >= 4 is 0 Å². The number of hydrogen-bond acceptors (Lipinski definition) is 2. The zero-order chi connectivity index (χ0) is 10.4. The molecule has 2 N–H and O–H groups in total. The van der Waals surface area contributed by atoms with Crippen LogP contribution in [0, 0.1) is 18.8 Å². The molecular formula is C12H15NO. The van der Waals surface area contributed by atoms with Gasteiger partial charge in [0.05, 0.1) is 0 Å². The lowest BCUT2D eigenvalue weighted by molar-refractivity contribution is 0.363. The lowest BCUT2D eigenvalue weighted by atomic mass is 10.1. The number of benzene rings is 1. The highest BCUT2D eigenvalue weighted by Crippen LogP contribution is 2.22. The molecule has 0 fully saturated rings. The summed E-state index contributed by atoms with van der Waals surface area (Å²) in [7, 11) is 0. The first kappa shape index (κ1) is 10.6. The average molecular weight is 189 g/mol. The zero-order valence-corrected chi connectivity index (χ0v) is 8.63. The SMILES string of the molecule is CC#CCOc1c(C)cccc1CN. The Bertz CT molecular complexity index is 360. The topological polar surface area (TPSA) is 35.2 Å². The minimum Gasteiger partial charge on any atom is -0.480 e. The molecule has 0 aliphatic carbocycles. The van der Waals surface area contributed by atoms with Gasteiger partial charge in [0.25, 0.3) is 0 Å². The summed E-state index contributed by atoms with van der Waals surface area (Å²) in [6.07, 6.45) is 0. The lowest BCUT2D eigenvalue weighted by Gasteiger charge is -2.10. The van der Waals surface area contributed by atoms with Crippen molar-refractivity contribution in [2.45, 2.75) is 20.4 Å². The summed E-state index contributed by atoms with van der Waals surface area (Å²) >= 11 is 0. The molecule has 0 aliphatic rings. The molecule has 2 heteroatoms. The van der Waals surface area contributed by atoms with Crippen molar-refractivity contribution in [2.24, 2.45) is 5.73 Å². The van der Waals surface area contributed by atoms with Gasteiger partial charge in [-0.15, -0.1) is 5.92 Å². The van der Waals surface area contributed by atoms with E-state index in [2.05, 4.69) is 11.8 Å². The highest BCUT2D eigenvalue weighted by atomic mass is 16.5. The van der Waals surface area contributed by atoms with E-state index in [4.69, 9.17) is 10.5 Å². The molecule has 0 spiro atoms. The Morgan fingerprint density at radius 3 is 2.86 bits per heavy atom. The molecule has 0 bridgehead atoms. The van der Waals surface area contributed by atoms with Crippen LogP contribution in [-0.4, -0.2) is 6.61 Å². The molecule has 0 atom stereocenters. The number of aryl methyl sites for hydroxylation is 1. The molecule has 0 saturated carbocycles. The average Bonchev–Trinajstić information content (AvgIpc) is 2.20. The Morgan fingerprint density at radius 1 is 1.43 bits per heavy atom. The third-order valence-corrected chi connectivity index (χ3v) is 1.98. The summed E-state index contributed by atoms with van der Waals surface area (Å²) < 4.78 is 5.55. The molecule has 0 radical (unpaired) electrons. The van der Waals surface area contributed by atoms with Crippen LogP contribution in [0.25, 0.3) is 0 Å². The number of ether oxygens (including phenoxy) is 1. The smallest absolute Gasteiger partial charge is 0.149 e. The predicted octanol–water partition coefficient (Wildman–Crippen LogP) is 1.86. The molecular weight excluding hydrogens is 174 g/mol. The Balaban J connectivity index is 2.85. The molecule has 0 unspecified atom stereocenters. The van der Waals surface area contributed by atoms with Crippen molar-refractivity contribution in [2.75, 3.05) is 6.61 Å². The van der Waals surface area contributed by atoms with Crippen molar-refractivity contribution in [3.63, 3.8) is 0 Å². The molecule has 0 aromatic heterocycles. The predicted molar refractivity (Wildman–Crippen MR) is 58.0 cm³/mol. The van der Waals surface area contributed by atoms with Gasteiger partial charge in [0.2, 0.25) is 0 Å². The van der Waals surface area contributed by atoms with Gasteiger partial charge in [0.1, 0.15) is 12.4 Å². The monoisotopic (exact) mass is 189 g/mol. The fraction of sp³-hybridized carbons (Fsp3) is 0.333. The van der Waals surface area contributed by atoms with Gasteiger partial charge in [-0.05, 0) is 19.4 Å². The molecule has 14 heavy (non-hydrogen) atoms. The van der Waals surface area contributed by atoms with E-state index in [1.54, 1.807) is 6.92 Å². The maximum atomic E-state index is 5.61. The summed E-state index contributed by atoms with van der Waals surface area (Å²) in [5.41, 5.74) is 7.74. The summed E-state index contributed by atoms with van der Waals surface area (Å²) in [4.78, 5) is 0. The molecule has 0 saturated heterocycles. The minimum absolute atomic E-state index is 0.425. The summed E-state index contributed by atoms with van der Waals surface area (Å²) in [6.45, 7) is 4.73. The van der Waals surface area contributed by atoms with Gasteiger partial charge < -0.3 is 10.5 Å². The van der Waals surface area contributed by atoms with Crippen molar-refractivity contribution in [3.8, 4) is 17.6 Å². The van der Waals surface area contributed by atoms with Gasteiger partial charge in [-0.3, -0.25) is 0 Å². The number of para-hydroxylation sites is 1. The number of nitrogens with two attached hydrogens (primary N) is 1. The molecule has 1 rings (SSSR count). The van der Waals surface area contributed by atoms with Gasteiger partial charge in [-0.1, -0.05) is 24.1 Å². The Labute approximate surface area is 85.1 Å². The lowest BCUT2D eigenvalue weighted by Crippen LogP contribution is -2.04. The van der Waals surface area contributed by atoms with E-state index >= 15 is 0 Å². The largest absolute Gasteiger partial charge is 0.480 e. The van der Waals surface area contributed by atoms with E-state index in [-0.39, 0.29) is 0 Å². The van der Waals surface area contributed by atoms with Crippen molar-refractivity contribution in [1.82, 2.24) is 0 Å². The first-order valence-electron chi connectivity index (χ1n) is 4.60. The van der Waals surface area contributed by atoms with Crippen LogP contribution >= 0.6 is 0 Å². The second-order valence-electron chi connectivity index (χ2n) is 2.98. The normalized spacial score (nSPS) is 9.07. The second-order valence-corrected chi connectivity index (χ2v) is 2.98. The maximum absolute atomic E-state index is 5.61. The Kier molecular flexibility index (Phi) is 4.03. The van der Waals surface area contributed by atoms with Crippen LogP contribution in [0.15, 0.2) is 18.2 Å². The van der Waals surface area contributed by atoms with Crippen LogP contribution in [0.2, 0.25) is 0 Å². The van der Waals surface area contributed by atoms with Crippen molar-refractivity contribution in [3.05, 3.63) is 29.3 Å². The molecule has 0 aliphatic heterocycles. The maximum Gasteiger partial charge on any atom is 0.149 e. The molecule has 0 amide bonds. The third-order valence-electron chi connectivity index (χ3n) is 1.98. The summed E-state index contributed by atoms with van der Waals surface area (Å²) in [6, 6.07) is 5.96. The number of hydrogen-bond donors (Lipinski definition) is 1. The van der Waals surface area contributed by atoms with E-state index in [9.17, 15) is 0 Å². The van der Waals surface area contributed by atoms with E-state index < -0.39 is 0 Å². The molecule has 1 aromatic carbocycles. The minimum atomic E-state index is 0.425. The van der Waals surface area contributed by atoms with Gasteiger partial charge in [0.15, 0.2) is 0 Å². The van der Waals surface area contributed by atoms with Crippen LogP contribution in [0.5, 0.6) is 5.75 Å². The van der Waals surface area contributed by atoms with E-state index in [1.807, 2.05) is 25.1 Å². The van der Waals surface area contributed by atoms with Gasteiger partial charge >= 0.3 is 0 Å². The first-order valence-corrected chi connectivity index (χ1v) is 4.60. The molecule has 1 aromatic rings. The van der Waals surface area contributed by atoms with Gasteiger partial charge in [-0.2, -0.15) is 0 Å². The van der Waals surface area contributed by atoms with Crippen molar-refractivity contribution in [1.29, 1.82) is 0 Å². The Morgan fingerprint density at radius 2 is 2.21 bits per heavy atom. The first-order chi connectivity index (χ1) is 6.79. The van der Waals surface area contributed by atoms with Crippen LogP contribution in [0.3, 0.4) is 0 Å². The van der Waals surface area contributed by atoms with E-state index in [0.717, 1.165) is 16.9 Å². The fourth-order valence-electron chi connectivity index (χ4n) is 1.26. The Hall–Kier alpha value is -1.46. The highest BCUT2D eigenvalue weighted by Gasteiger charge is 2.03. The van der Waals surface area contributed by atoms with Gasteiger partial charge in [0, 0.05) is 12.1 Å². The van der Waals surface area contributed by atoms with Crippen LogP contribution < -0.4 is 10.5 Å². The standard InChI is InChI=1S/C12H15NO/c1-3-4-8-14-12-10(2)6-5-7-11(12)9-13/h5-7H,8-9,13H2,1-2H3. The highest BCUT2D eigenvalue weighted by molar-refractivity contribution is 5.40. The molecule has 0 heterocycles. The van der Waals surface area contributed by atoms with Crippen molar-refractivity contribution < 1.29 is 4.74 Å². The van der Waals surface area contributed by atoms with Gasteiger partial charge in [-0.25, -0.2) is 0 Å². The second kappa shape index (κ2) is 5.31. The van der Waals surface area contributed by atoms with Crippen LogP contribution in [0.1, 0.15) is 18.1 Å². The fourth-order valence-corrected chi connectivity index (χ4v) is 1.26. The quantitative estimate of drug-likeness (QED) is 0.736. The molecule has 2 nitrogen and oxygen atoms in total. The number of rotatable bonds is 3. The van der Waals surface area contributed by atoms with E-state index in [1.165, 1.54) is 0 Å². The zero-order valence-electron chi connectivity index (χ0n) is 8.63. The van der Waals surface area contributed by atoms with Crippen LogP contribution in [-0.2, 0) is 6.54 Å².